The van der Waals surface area contributed by atoms with E-state index in [9.17, 15) is 9.90 Å². The first kappa shape index (κ1) is 13.7. The van der Waals surface area contributed by atoms with E-state index in [2.05, 4.69) is 4.90 Å². The Morgan fingerprint density at radius 2 is 1.95 bits per heavy atom. The number of hydrogen-bond acceptors (Lipinski definition) is 4. The topological polar surface area (TPSA) is 64.3 Å². The summed E-state index contributed by atoms with van der Waals surface area (Å²) in [4.78, 5) is 14.2. The summed E-state index contributed by atoms with van der Waals surface area (Å²) in [7, 11) is 0. The van der Waals surface area contributed by atoms with Crippen LogP contribution in [0, 0.1) is 11.3 Å². The van der Waals surface area contributed by atoms with E-state index < -0.39 is 5.60 Å². The first-order valence-electron chi connectivity index (χ1n) is 6.48. The fourth-order valence-electron chi connectivity index (χ4n) is 2.22. The summed E-state index contributed by atoms with van der Waals surface area (Å²) < 4.78 is 0. The van der Waals surface area contributed by atoms with Crippen LogP contribution in [0.3, 0.4) is 0 Å². The van der Waals surface area contributed by atoms with E-state index in [0.29, 0.717) is 30.5 Å². The summed E-state index contributed by atoms with van der Waals surface area (Å²) in [5.41, 5.74) is 0.607. The van der Waals surface area contributed by atoms with E-state index in [0.717, 1.165) is 13.1 Å². The fourth-order valence-corrected chi connectivity index (χ4v) is 2.22. The minimum absolute atomic E-state index is 0.0611. The molecule has 0 atom stereocenters. The number of carbonyl (C=O) groups excluding carboxylic acids is 1. The standard InChI is InChI=1S/C15H18N2O2/c1-15(19)6-8-17(9-7-15)11-14(18)13-4-2-12(10-16)3-5-13/h2-5,19H,6-9,11H2,1H3. The van der Waals surface area contributed by atoms with Gasteiger partial charge in [-0.15, -0.1) is 0 Å². The van der Waals surface area contributed by atoms with E-state index >= 15 is 0 Å². The van der Waals surface area contributed by atoms with Gasteiger partial charge in [-0.1, -0.05) is 12.1 Å². The predicted molar refractivity (Wildman–Crippen MR) is 71.8 cm³/mol. The first-order chi connectivity index (χ1) is 9.00. The van der Waals surface area contributed by atoms with Gasteiger partial charge in [-0.2, -0.15) is 5.26 Å². The Bertz CT molecular complexity index is 490. The molecule has 0 spiro atoms. The molecule has 4 nitrogen and oxygen atoms in total. The normalized spacial score (nSPS) is 18.8. The number of ketones is 1. The van der Waals surface area contributed by atoms with Crippen molar-refractivity contribution in [2.45, 2.75) is 25.4 Å². The summed E-state index contributed by atoms with van der Waals surface area (Å²) in [6.07, 6.45) is 1.40. The number of hydrogen-bond donors (Lipinski definition) is 1. The summed E-state index contributed by atoms with van der Waals surface area (Å²) in [5, 5.41) is 18.6. The van der Waals surface area contributed by atoms with Crippen LogP contribution in [-0.2, 0) is 0 Å². The van der Waals surface area contributed by atoms with Crippen molar-refractivity contribution >= 4 is 5.78 Å². The molecule has 0 bridgehead atoms. The van der Waals surface area contributed by atoms with Crippen LogP contribution < -0.4 is 0 Å². The number of nitrogens with zero attached hydrogens (tertiary/aromatic N) is 2. The number of aliphatic hydroxyl groups is 1. The number of piperidine rings is 1. The van der Waals surface area contributed by atoms with Gasteiger partial charge in [0, 0.05) is 18.7 Å². The van der Waals surface area contributed by atoms with Crippen molar-refractivity contribution in [1.82, 2.24) is 4.90 Å². The number of likely N-dealkylation sites (tertiary alicyclic amines) is 1. The zero-order chi connectivity index (χ0) is 13.9. The van der Waals surface area contributed by atoms with Crippen LogP contribution in [0.5, 0.6) is 0 Å². The number of carbonyl (C=O) groups is 1. The Kier molecular flexibility index (Phi) is 3.98. The van der Waals surface area contributed by atoms with Gasteiger partial charge in [0.2, 0.25) is 0 Å². The third-order valence-electron chi connectivity index (χ3n) is 3.64. The molecule has 1 heterocycles. The smallest absolute Gasteiger partial charge is 0.176 e. The maximum absolute atomic E-state index is 12.1. The molecule has 1 fully saturated rings. The van der Waals surface area contributed by atoms with Gasteiger partial charge in [-0.25, -0.2) is 0 Å². The van der Waals surface area contributed by atoms with E-state index in [1.54, 1.807) is 24.3 Å². The van der Waals surface area contributed by atoms with Gasteiger partial charge in [-0.3, -0.25) is 9.69 Å². The lowest BCUT2D eigenvalue weighted by molar-refractivity contribution is -0.00420. The van der Waals surface area contributed by atoms with Gasteiger partial charge in [-0.05, 0) is 31.9 Å². The van der Waals surface area contributed by atoms with Crippen LogP contribution in [0.2, 0.25) is 0 Å². The molecule has 2 rings (SSSR count). The Morgan fingerprint density at radius 1 is 1.37 bits per heavy atom. The van der Waals surface area contributed by atoms with Crippen LogP contribution in [0.1, 0.15) is 35.7 Å². The zero-order valence-electron chi connectivity index (χ0n) is 11.1. The fraction of sp³-hybridized carbons (Fsp3) is 0.467. The molecule has 4 heteroatoms. The van der Waals surface area contributed by atoms with Crippen molar-refractivity contribution < 1.29 is 9.90 Å². The van der Waals surface area contributed by atoms with E-state index in [1.807, 2.05) is 13.0 Å². The lowest BCUT2D eigenvalue weighted by Gasteiger charge is -2.35. The van der Waals surface area contributed by atoms with E-state index in [-0.39, 0.29) is 5.78 Å². The van der Waals surface area contributed by atoms with Crippen molar-refractivity contribution in [2.75, 3.05) is 19.6 Å². The molecule has 1 aliphatic rings. The zero-order valence-corrected chi connectivity index (χ0v) is 11.1. The van der Waals surface area contributed by atoms with E-state index in [1.165, 1.54) is 0 Å². The molecule has 1 N–H and O–H groups in total. The molecule has 0 aliphatic carbocycles. The van der Waals surface area contributed by atoms with Gasteiger partial charge >= 0.3 is 0 Å². The summed E-state index contributed by atoms with van der Waals surface area (Å²) in [6.45, 7) is 3.71. The van der Waals surface area contributed by atoms with Gasteiger partial charge in [0.25, 0.3) is 0 Å². The second-order valence-electron chi connectivity index (χ2n) is 5.39. The molecule has 19 heavy (non-hydrogen) atoms. The highest BCUT2D eigenvalue weighted by atomic mass is 16.3. The van der Waals surface area contributed by atoms with Crippen molar-refractivity contribution in [3.05, 3.63) is 35.4 Å². The average Bonchev–Trinajstić information content (AvgIpc) is 2.41. The highest BCUT2D eigenvalue weighted by Crippen LogP contribution is 2.21. The molecular weight excluding hydrogens is 240 g/mol. The van der Waals surface area contributed by atoms with Crippen molar-refractivity contribution in [3.8, 4) is 6.07 Å². The monoisotopic (exact) mass is 258 g/mol. The molecule has 1 aromatic carbocycles. The number of benzene rings is 1. The molecule has 1 aliphatic heterocycles. The minimum atomic E-state index is -0.589. The van der Waals surface area contributed by atoms with Crippen LogP contribution in [-0.4, -0.2) is 41.0 Å². The predicted octanol–water partition coefficient (Wildman–Crippen LogP) is 1.59. The van der Waals surface area contributed by atoms with Crippen molar-refractivity contribution in [3.63, 3.8) is 0 Å². The number of rotatable bonds is 3. The average molecular weight is 258 g/mol. The third kappa shape index (κ3) is 3.63. The first-order valence-corrected chi connectivity index (χ1v) is 6.48. The van der Waals surface area contributed by atoms with Crippen LogP contribution in [0.15, 0.2) is 24.3 Å². The van der Waals surface area contributed by atoms with Gasteiger partial charge in [0.05, 0.1) is 23.8 Å². The molecule has 1 aromatic rings. The second kappa shape index (κ2) is 5.52. The molecular formula is C15H18N2O2. The Morgan fingerprint density at radius 3 is 2.47 bits per heavy atom. The quantitative estimate of drug-likeness (QED) is 0.836. The van der Waals surface area contributed by atoms with Crippen molar-refractivity contribution in [2.24, 2.45) is 0 Å². The maximum Gasteiger partial charge on any atom is 0.176 e. The molecule has 0 unspecified atom stereocenters. The van der Waals surface area contributed by atoms with Crippen LogP contribution >= 0.6 is 0 Å². The maximum atomic E-state index is 12.1. The van der Waals surface area contributed by atoms with Crippen molar-refractivity contribution in [1.29, 1.82) is 5.26 Å². The van der Waals surface area contributed by atoms with Crippen LogP contribution in [0.4, 0.5) is 0 Å². The largest absolute Gasteiger partial charge is 0.390 e. The Labute approximate surface area is 113 Å². The van der Waals surface area contributed by atoms with Gasteiger partial charge in [0.15, 0.2) is 5.78 Å². The molecule has 0 saturated carbocycles. The van der Waals surface area contributed by atoms with Gasteiger partial charge in [0.1, 0.15) is 0 Å². The Hall–Kier alpha value is -1.70. The molecule has 0 aromatic heterocycles. The third-order valence-corrected chi connectivity index (χ3v) is 3.64. The lowest BCUT2D eigenvalue weighted by Crippen LogP contribution is -2.44. The minimum Gasteiger partial charge on any atom is -0.390 e. The lowest BCUT2D eigenvalue weighted by atomic mass is 9.93. The summed E-state index contributed by atoms with van der Waals surface area (Å²) in [5.74, 6) is 0.0611. The number of nitriles is 1. The highest BCUT2D eigenvalue weighted by molar-refractivity contribution is 5.97. The van der Waals surface area contributed by atoms with Crippen LogP contribution in [0.25, 0.3) is 0 Å². The number of Topliss-reactive ketones (excluding diaryl/α,β-unsaturated/α-hetero) is 1. The molecule has 0 radical (unpaired) electrons. The SMILES string of the molecule is CC1(O)CCN(CC(=O)c2ccc(C#N)cc2)CC1. The summed E-state index contributed by atoms with van der Waals surface area (Å²) in [6, 6.07) is 8.75. The van der Waals surface area contributed by atoms with Gasteiger partial charge < -0.3 is 5.11 Å². The molecule has 1 saturated heterocycles. The molecule has 0 amide bonds. The Balaban J connectivity index is 1.92. The van der Waals surface area contributed by atoms with E-state index in [4.69, 9.17) is 5.26 Å². The molecule has 100 valence electrons. The highest BCUT2D eigenvalue weighted by Gasteiger charge is 2.28. The second-order valence-corrected chi connectivity index (χ2v) is 5.39. The summed E-state index contributed by atoms with van der Waals surface area (Å²) >= 11 is 0.